The molecule has 0 aliphatic heterocycles. The highest BCUT2D eigenvalue weighted by Gasteiger charge is 2.09. The lowest BCUT2D eigenvalue weighted by Crippen LogP contribution is -2.12. The summed E-state index contributed by atoms with van der Waals surface area (Å²) in [6, 6.07) is 9.33. The number of benzene rings is 1. The van der Waals surface area contributed by atoms with Gasteiger partial charge in [-0.05, 0) is 23.6 Å². The molecule has 2 aromatic heterocycles. The van der Waals surface area contributed by atoms with Crippen LogP contribution in [0.25, 0.3) is 10.6 Å². The fraction of sp³-hybridized carbons (Fsp3) is 0.111. The van der Waals surface area contributed by atoms with Crippen LogP contribution in [0.1, 0.15) is 5.56 Å². The highest BCUT2D eigenvalue weighted by atomic mass is 32.1. The van der Waals surface area contributed by atoms with Crippen LogP contribution in [0.3, 0.4) is 0 Å². The predicted octanol–water partition coefficient (Wildman–Crippen LogP) is 3.96. The van der Waals surface area contributed by atoms with Crippen molar-refractivity contribution in [3.63, 3.8) is 0 Å². The minimum Gasteiger partial charge on any atom is -0.504 e. The van der Waals surface area contributed by atoms with Crippen LogP contribution in [-0.2, 0) is 0 Å². The van der Waals surface area contributed by atoms with E-state index in [-0.39, 0.29) is 5.75 Å². The molecule has 3 rings (SSSR count). The SMILES string of the molecule is C=CCN=c1scc(-c2cccs2)n1N=Cc1cccc(OC)c1O. The number of ether oxygens (including phenoxy) is 1. The van der Waals surface area contributed by atoms with Gasteiger partial charge >= 0.3 is 0 Å². The molecule has 0 radical (unpaired) electrons. The van der Waals surface area contributed by atoms with Crippen molar-refractivity contribution in [3.05, 3.63) is 64.1 Å². The Bertz CT molecular complexity index is 953. The zero-order chi connectivity index (χ0) is 17.6. The van der Waals surface area contributed by atoms with Crippen molar-refractivity contribution < 1.29 is 9.84 Å². The molecule has 0 spiro atoms. The zero-order valence-electron chi connectivity index (χ0n) is 13.6. The molecule has 1 aromatic carbocycles. The topological polar surface area (TPSA) is 59.1 Å². The molecule has 25 heavy (non-hydrogen) atoms. The number of thiophene rings is 1. The van der Waals surface area contributed by atoms with E-state index in [1.807, 2.05) is 22.9 Å². The summed E-state index contributed by atoms with van der Waals surface area (Å²) >= 11 is 3.15. The second-order valence-corrected chi connectivity index (χ2v) is 6.75. The Morgan fingerprint density at radius 2 is 2.16 bits per heavy atom. The summed E-state index contributed by atoms with van der Waals surface area (Å²) in [7, 11) is 1.52. The molecular formula is C18H17N3O2S2. The first kappa shape index (κ1) is 17.2. The second kappa shape index (κ2) is 7.96. The number of phenolic OH excluding ortho intramolecular Hbond substituents is 1. The molecular weight excluding hydrogens is 354 g/mol. The summed E-state index contributed by atoms with van der Waals surface area (Å²) in [6.45, 7) is 4.22. The van der Waals surface area contributed by atoms with Gasteiger partial charge in [-0.2, -0.15) is 5.10 Å². The van der Waals surface area contributed by atoms with Gasteiger partial charge in [0.2, 0.25) is 4.80 Å². The number of nitrogens with zero attached hydrogens (tertiary/aromatic N) is 3. The van der Waals surface area contributed by atoms with Gasteiger partial charge in [0.25, 0.3) is 0 Å². The third-order valence-corrected chi connectivity index (χ3v) is 5.12. The Morgan fingerprint density at radius 3 is 2.88 bits per heavy atom. The maximum absolute atomic E-state index is 10.2. The van der Waals surface area contributed by atoms with E-state index in [1.165, 1.54) is 18.4 Å². The van der Waals surface area contributed by atoms with Crippen LogP contribution in [0.5, 0.6) is 11.5 Å². The van der Waals surface area contributed by atoms with Gasteiger partial charge in [-0.1, -0.05) is 18.2 Å². The number of para-hydroxylation sites is 1. The second-order valence-electron chi connectivity index (χ2n) is 4.96. The summed E-state index contributed by atoms with van der Waals surface area (Å²) in [6.07, 6.45) is 3.35. The molecule has 0 aliphatic carbocycles. The highest BCUT2D eigenvalue weighted by Crippen LogP contribution is 2.28. The van der Waals surface area contributed by atoms with Crippen LogP contribution < -0.4 is 9.54 Å². The molecule has 0 saturated heterocycles. The number of rotatable bonds is 6. The Balaban J connectivity index is 2.07. The molecule has 3 aromatic rings. The van der Waals surface area contributed by atoms with E-state index in [2.05, 4.69) is 16.7 Å². The van der Waals surface area contributed by atoms with Crippen LogP contribution in [0.15, 0.2) is 63.8 Å². The minimum atomic E-state index is 0.0619. The van der Waals surface area contributed by atoms with Crippen LogP contribution in [0.2, 0.25) is 0 Å². The van der Waals surface area contributed by atoms with Gasteiger partial charge in [-0.3, -0.25) is 4.99 Å². The maximum Gasteiger partial charge on any atom is 0.206 e. The van der Waals surface area contributed by atoms with Gasteiger partial charge in [0.1, 0.15) is 0 Å². The average Bonchev–Trinajstić information content (AvgIpc) is 3.28. The molecule has 7 heteroatoms. The number of thiazole rings is 1. The fourth-order valence-electron chi connectivity index (χ4n) is 2.18. The number of aromatic nitrogens is 1. The van der Waals surface area contributed by atoms with Crippen molar-refractivity contribution in [3.8, 4) is 22.1 Å². The van der Waals surface area contributed by atoms with E-state index in [0.29, 0.717) is 17.9 Å². The Labute approximate surface area is 153 Å². The Kier molecular flexibility index (Phi) is 5.47. The van der Waals surface area contributed by atoms with Crippen LogP contribution in [-0.4, -0.2) is 29.7 Å². The Hall–Kier alpha value is -2.64. The smallest absolute Gasteiger partial charge is 0.206 e. The first-order chi connectivity index (χ1) is 12.2. The molecule has 1 N–H and O–H groups in total. The summed E-state index contributed by atoms with van der Waals surface area (Å²) in [4.78, 5) is 6.36. The van der Waals surface area contributed by atoms with Crippen LogP contribution in [0, 0.1) is 0 Å². The van der Waals surface area contributed by atoms with Gasteiger partial charge in [0.15, 0.2) is 11.5 Å². The molecule has 0 aliphatic rings. The largest absolute Gasteiger partial charge is 0.504 e. The van der Waals surface area contributed by atoms with Crippen molar-refractivity contribution in [1.29, 1.82) is 0 Å². The monoisotopic (exact) mass is 371 g/mol. The standard InChI is InChI=1S/C18H17N3O2S2/c1-3-9-19-18-21(14(12-25-18)16-8-5-10-24-16)20-11-13-6-4-7-15(23-2)17(13)22/h3-8,10-12,22H,1,9H2,2H3. The first-order valence-corrected chi connectivity index (χ1v) is 9.26. The first-order valence-electron chi connectivity index (χ1n) is 7.50. The van der Waals surface area contributed by atoms with Gasteiger partial charge in [0.05, 0.1) is 30.4 Å². The normalized spacial score (nSPS) is 12.0. The maximum atomic E-state index is 10.2. The average molecular weight is 371 g/mol. The Morgan fingerprint density at radius 1 is 1.28 bits per heavy atom. The van der Waals surface area contributed by atoms with Gasteiger partial charge in [0, 0.05) is 10.9 Å². The van der Waals surface area contributed by atoms with Crippen molar-refractivity contribution in [2.75, 3.05) is 13.7 Å². The molecule has 0 saturated carbocycles. The van der Waals surface area contributed by atoms with Crippen LogP contribution >= 0.6 is 22.7 Å². The molecule has 128 valence electrons. The molecule has 0 atom stereocenters. The lowest BCUT2D eigenvalue weighted by molar-refractivity contribution is 0.373. The molecule has 0 unspecified atom stereocenters. The van der Waals surface area contributed by atoms with Crippen molar-refractivity contribution in [2.45, 2.75) is 0 Å². The zero-order valence-corrected chi connectivity index (χ0v) is 15.3. The number of hydrogen-bond donors (Lipinski definition) is 1. The molecule has 0 bridgehead atoms. The van der Waals surface area contributed by atoms with Gasteiger partial charge in [-0.25, -0.2) is 4.68 Å². The third kappa shape index (κ3) is 3.72. The molecule has 2 heterocycles. The van der Waals surface area contributed by atoms with E-state index in [4.69, 9.17) is 4.74 Å². The van der Waals surface area contributed by atoms with E-state index in [9.17, 15) is 5.11 Å². The van der Waals surface area contributed by atoms with Gasteiger partial charge < -0.3 is 9.84 Å². The number of methoxy groups -OCH3 is 1. The summed E-state index contributed by atoms with van der Waals surface area (Å²) in [5, 5.41) is 18.8. The number of phenols is 1. The lowest BCUT2D eigenvalue weighted by Gasteiger charge is -2.05. The lowest BCUT2D eigenvalue weighted by atomic mass is 10.2. The van der Waals surface area contributed by atoms with Gasteiger partial charge in [-0.15, -0.1) is 29.3 Å². The van der Waals surface area contributed by atoms with Crippen LogP contribution in [0.4, 0.5) is 0 Å². The van der Waals surface area contributed by atoms with E-state index in [1.54, 1.807) is 46.5 Å². The predicted molar refractivity (Wildman–Crippen MR) is 104 cm³/mol. The van der Waals surface area contributed by atoms with E-state index < -0.39 is 0 Å². The molecule has 0 amide bonds. The quantitative estimate of drug-likeness (QED) is 0.527. The van der Waals surface area contributed by atoms with Crippen molar-refractivity contribution >= 4 is 28.9 Å². The number of aromatic hydroxyl groups is 1. The van der Waals surface area contributed by atoms with Crippen molar-refractivity contribution in [2.24, 2.45) is 10.1 Å². The third-order valence-electron chi connectivity index (χ3n) is 3.38. The summed E-state index contributed by atoms with van der Waals surface area (Å²) in [5.74, 6) is 0.473. The highest BCUT2D eigenvalue weighted by molar-refractivity contribution is 7.14. The summed E-state index contributed by atoms with van der Waals surface area (Å²) < 4.78 is 6.91. The van der Waals surface area contributed by atoms with Crippen molar-refractivity contribution in [1.82, 2.24) is 4.68 Å². The summed E-state index contributed by atoms with van der Waals surface area (Å²) in [5.41, 5.74) is 1.53. The van der Waals surface area contributed by atoms with E-state index >= 15 is 0 Å². The molecule has 5 nitrogen and oxygen atoms in total. The fourth-order valence-corrected chi connectivity index (χ4v) is 3.82. The van der Waals surface area contributed by atoms with E-state index in [0.717, 1.165) is 15.4 Å². The molecule has 0 fully saturated rings. The minimum absolute atomic E-state index is 0.0619. The number of hydrogen-bond acceptors (Lipinski definition) is 6.